The Bertz CT molecular complexity index is 833. The maximum atomic E-state index is 12.1. The van der Waals surface area contributed by atoms with Crippen molar-refractivity contribution in [1.29, 1.82) is 0 Å². The molecule has 3 aliphatic heterocycles. The van der Waals surface area contributed by atoms with Gasteiger partial charge >= 0.3 is 11.9 Å². The summed E-state index contributed by atoms with van der Waals surface area (Å²) in [5.41, 5.74) is 0.580. The third-order valence-electron chi connectivity index (χ3n) is 4.86. The van der Waals surface area contributed by atoms with Crippen LogP contribution in [0.1, 0.15) is 35.0 Å². The smallest absolute Gasteiger partial charge is 0.414 e. The van der Waals surface area contributed by atoms with Gasteiger partial charge in [0, 0.05) is 12.1 Å². The van der Waals surface area contributed by atoms with E-state index in [1.54, 1.807) is 12.1 Å². The average Bonchev–Trinajstić information content (AvgIpc) is 3.18. The molecule has 3 fully saturated rings. The minimum absolute atomic E-state index is 0.220. The number of piperidine rings is 3. The van der Waals surface area contributed by atoms with Gasteiger partial charge in [0.1, 0.15) is 0 Å². The van der Waals surface area contributed by atoms with Gasteiger partial charge in [0.05, 0.1) is 5.92 Å². The zero-order valence-corrected chi connectivity index (χ0v) is 14.9. The van der Waals surface area contributed by atoms with Crippen LogP contribution in [0, 0.1) is 5.92 Å². The maximum Gasteiger partial charge on any atom is 0.414 e. The molecule has 10 nitrogen and oxygen atoms in total. The third kappa shape index (κ3) is 4.71. The summed E-state index contributed by atoms with van der Waals surface area (Å²) < 4.78 is 5.39. The molecule has 2 bridgehead atoms. The lowest BCUT2D eigenvalue weighted by Crippen LogP contribution is -2.46. The van der Waals surface area contributed by atoms with Crippen molar-refractivity contribution in [1.82, 2.24) is 15.0 Å². The molecule has 0 spiro atoms. The molecule has 4 heterocycles. The van der Waals surface area contributed by atoms with Gasteiger partial charge < -0.3 is 19.6 Å². The van der Waals surface area contributed by atoms with Gasteiger partial charge in [-0.15, -0.1) is 0 Å². The van der Waals surface area contributed by atoms with Gasteiger partial charge in [-0.25, -0.2) is 9.59 Å². The Morgan fingerprint density at radius 1 is 1.07 bits per heavy atom. The molecular formula is C18H20N4O6. The zero-order chi connectivity index (χ0) is 20.1. The van der Waals surface area contributed by atoms with Crippen molar-refractivity contribution < 1.29 is 29.1 Å². The van der Waals surface area contributed by atoms with E-state index in [9.17, 15) is 4.79 Å². The van der Waals surface area contributed by atoms with Gasteiger partial charge in [-0.1, -0.05) is 18.2 Å². The minimum Gasteiger partial charge on any atom is -0.473 e. The van der Waals surface area contributed by atoms with E-state index in [4.69, 9.17) is 24.3 Å². The number of carbonyl (C=O) groups excluding carboxylic acids is 1. The lowest BCUT2D eigenvalue weighted by atomic mass is 9.79. The van der Waals surface area contributed by atoms with E-state index in [1.165, 1.54) is 25.9 Å². The SMILES string of the molecule is O=C(Nc1noc(C2CN3CCC2CC3)n1)c1ccccc1.O=C(O)C(=O)O. The number of carboxylic acid groups (broad SMARTS) is 2. The largest absolute Gasteiger partial charge is 0.473 e. The second-order valence-electron chi connectivity index (χ2n) is 6.63. The predicted octanol–water partition coefficient (Wildman–Crippen LogP) is 1.29. The van der Waals surface area contributed by atoms with Crippen molar-refractivity contribution in [2.24, 2.45) is 5.92 Å². The van der Waals surface area contributed by atoms with Crippen LogP contribution in [-0.2, 0) is 9.59 Å². The number of hydrogen-bond acceptors (Lipinski definition) is 7. The van der Waals surface area contributed by atoms with Crippen molar-refractivity contribution in [3.8, 4) is 0 Å². The second kappa shape index (κ2) is 8.61. The highest BCUT2D eigenvalue weighted by molar-refractivity contribution is 6.27. The minimum atomic E-state index is -1.82. The van der Waals surface area contributed by atoms with Crippen LogP contribution in [0.3, 0.4) is 0 Å². The first-order valence-corrected chi connectivity index (χ1v) is 8.82. The lowest BCUT2D eigenvalue weighted by molar-refractivity contribution is -0.159. The molecule has 3 saturated heterocycles. The fourth-order valence-electron chi connectivity index (χ4n) is 3.44. The number of aliphatic carboxylic acids is 2. The highest BCUT2D eigenvalue weighted by Crippen LogP contribution is 2.38. The Hall–Kier alpha value is -3.27. The molecule has 3 N–H and O–H groups in total. The summed E-state index contributed by atoms with van der Waals surface area (Å²) in [7, 11) is 0. The molecule has 1 aromatic carbocycles. The molecule has 2 aromatic rings. The van der Waals surface area contributed by atoms with Crippen molar-refractivity contribution >= 4 is 23.8 Å². The highest BCUT2D eigenvalue weighted by Gasteiger charge is 2.38. The first kappa shape index (κ1) is 19.5. The Morgan fingerprint density at radius 2 is 1.71 bits per heavy atom. The average molecular weight is 388 g/mol. The molecule has 3 aliphatic rings. The normalized spacial score (nSPS) is 22.6. The van der Waals surface area contributed by atoms with Crippen molar-refractivity contribution in [2.45, 2.75) is 18.8 Å². The number of hydrogen-bond donors (Lipinski definition) is 3. The fraction of sp³-hybridized carbons (Fsp3) is 0.389. The summed E-state index contributed by atoms with van der Waals surface area (Å²) in [6, 6.07) is 9.03. The summed E-state index contributed by atoms with van der Waals surface area (Å²) in [6.45, 7) is 3.33. The molecule has 0 saturated carbocycles. The number of fused-ring (bicyclic) bond motifs is 3. The van der Waals surface area contributed by atoms with Crippen LogP contribution < -0.4 is 5.32 Å². The first-order valence-electron chi connectivity index (χ1n) is 8.82. The van der Waals surface area contributed by atoms with Gasteiger partial charge in [-0.3, -0.25) is 10.1 Å². The van der Waals surface area contributed by atoms with Crippen molar-refractivity contribution in [2.75, 3.05) is 25.0 Å². The van der Waals surface area contributed by atoms with E-state index in [2.05, 4.69) is 20.4 Å². The van der Waals surface area contributed by atoms with E-state index in [0.717, 1.165) is 6.54 Å². The molecule has 5 rings (SSSR count). The summed E-state index contributed by atoms with van der Waals surface area (Å²) >= 11 is 0. The van der Waals surface area contributed by atoms with E-state index >= 15 is 0 Å². The molecule has 0 aliphatic carbocycles. The Kier molecular flexibility index (Phi) is 5.99. The maximum absolute atomic E-state index is 12.1. The van der Waals surface area contributed by atoms with E-state index in [0.29, 0.717) is 23.3 Å². The summed E-state index contributed by atoms with van der Waals surface area (Å²) in [5.74, 6) is -2.04. The van der Waals surface area contributed by atoms with Crippen LogP contribution >= 0.6 is 0 Å². The molecular weight excluding hydrogens is 368 g/mol. The Balaban J connectivity index is 0.000000330. The number of aromatic nitrogens is 2. The molecule has 1 unspecified atom stereocenters. The number of benzene rings is 1. The van der Waals surface area contributed by atoms with E-state index in [1.807, 2.05) is 18.2 Å². The Labute approximate surface area is 160 Å². The van der Waals surface area contributed by atoms with Crippen LogP contribution in [0.15, 0.2) is 34.9 Å². The van der Waals surface area contributed by atoms with Crippen LogP contribution in [0.2, 0.25) is 0 Å². The highest BCUT2D eigenvalue weighted by atomic mass is 16.5. The predicted molar refractivity (Wildman–Crippen MR) is 95.9 cm³/mol. The fourth-order valence-corrected chi connectivity index (χ4v) is 3.44. The van der Waals surface area contributed by atoms with Crippen LogP contribution in [0.5, 0.6) is 0 Å². The lowest BCUT2D eigenvalue weighted by Gasteiger charge is -2.43. The summed E-state index contributed by atoms with van der Waals surface area (Å²) in [5, 5.41) is 21.4. The van der Waals surface area contributed by atoms with Crippen molar-refractivity contribution in [3.05, 3.63) is 41.8 Å². The van der Waals surface area contributed by atoms with Gasteiger partial charge in [-0.05, 0) is 49.1 Å². The van der Waals surface area contributed by atoms with Crippen LogP contribution in [-0.4, -0.2) is 62.7 Å². The molecule has 1 amide bonds. The van der Waals surface area contributed by atoms with Gasteiger partial charge in [0.25, 0.3) is 11.9 Å². The number of nitrogens with zero attached hydrogens (tertiary/aromatic N) is 3. The number of carboxylic acids is 2. The van der Waals surface area contributed by atoms with Gasteiger partial charge in [0.2, 0.25) is 5.89 Å². The number of amides is 1. The molecule has 148 valence electrons. The van der Waals surface area contributed by atoms with E-state index in [-0.39, 0.29) is 11.9 Å². The first-order chi connectivity index (χ1) is 13.4. The topological polar surface area (TPSA) is 146 Å². The quantitative estimate of drug-likeness (QED) is 0.662. The van der Waals surface area contributed by atoms with Gasteiger partial charge in [-0.2, -0.15) is 4.98 Å². The van der Waals surface area contributed by atoms with Crippen LogP contribution in [0.4, 0.5) is 5.95 Å². The van der Waals surface area contributed by atoms with Crippen LogP contribution in [0.25, 0.3) is 0 Å². The summed E-state index contributed by atoms with van der Waals surface area (Å²) in [4.78, 5) is 37.1. The monoisotopic (exact) mass is 388 g/mol. The number of rotatable bonds is 3. The molecule has 10 heteroatoms. The third-order valence-corrected chi connectivity index (χ3v) is 4.86. The second-order valence-corrected chi connectivity index (χ2v) is 6.63. The Morgan fingerprint density at radius 3 is 2.25 bits per heavy atom. The molecule has 0 radical (unpaired) electrons. The van der Waals surface area contributed by atoms with E-state index < -0.39 is 11.9 Å². The zero-order valence-electron chi connectivity index (χ0n) is 14.9. The summed E-state index contributed by atoms with van der Waals surface area (Å²) in [6.07, 6.45) is 2.39. The molecule has 1 aromatic heterocycles. The standard InChI is InChI=1S/C16H18N4O2.C2H2O4/c21-14(12-4-2-1-3-5-12)17-16-18-15(22-19-16)13-10-20-8-6-11(13)7-9-20;3-1(4)2(5)6/h1-5,11,13H,6-10H2,(H,17,19,21);(H,3,4)(H,5,6). The number of anilines is 1. The number of nitrogens with one attached hydrogen (secondary N) is 1. The molecule has 28 heavy (non-hydrogen) atoms. The molecule has 1 atom stereocenters. The number of carbonyl (C=O) groups is 3. The van der Waals surface area contributed by atoms with Crippen molar-refractivity contribution in [3.63, 3.8) is 0 Å². The van der Waals surface area contributed by atoms with Gasteiger partial charge in [0.15, 0.2) is 0 Å².